The molecule has 0 unspecified atom stereocenters. The summed E-state index contributed by atoms with van der Waals surface area (Å²) < 4.78 is 39.6. The molecule has 37 heavy (non-hydrogen) atoms. The Morgan fingerprint density at radius 2 is 1.73 bits per heavy atom. The van der Waals surface area contributed by atoms with Gasteiger partial charge in [-0.3, -0.25) is 14.3 Å². The molecule has 0 aliphatic carbocycles. The van der Waals surface area contributed by atoms with Gasteiger partial charge in [0.2, 0.25) is 5.43 Å². The Balaban J connectivity index is 1.35. The number of benzene rings is 3. The molecule has 0 radical (unpaired) electrons. The third-order valence-electron chi connectivity index (χ3n) is 5.81. The molecule has 0 saturated heterocycles. The van der Waals surface area contributed by atoms with E-state index in [4.69, 9.17) is 21.1 Å². The van der Waals surface area contributed by atoms with Crippen molar-refractivity contribution in [2.45, 2.75) is 11.3 Å². The van der Waals surface area contributed by atoms with Crippen LogP contribution in [0, 0.1) is 0 Å². The lowest BCUT2D eigenvalue weighted by atomic mass is 10.1. The molecule has 4 aromatic rings. The van der Waals surface area contributed by atoms with Crippen molar-refractivity contribution in [2.24, 2.45) is 0 Å². The minimum Gasteiger partial charge on any atom is -0.486 e. The van der Waals surface area contributed by atoms with E-state index in [9.17, 15) is 18.0 Å². The van der Waals surface area contributed by atoms with Crippen molar-refractivity contribution in [1.29, 1.82) is 0 Å². The van der Waals surface area contributed by atoms with Crippen LogP contribution in [0.25, 0.3) is 10.9 Å². The van der Waals surface area contributed by atoms with E-state index in [2.05, 4.69) is 15.0 Å². The molecule has 1 aromatic heterocycles. The molecule has 1 amide bonds. The summed E-state index contributed by atoms with van der Waals surface area (Å²) in [4.78, 5) is 28.6. The van der Waals surface area contributed by atoms with Crippen LogP contribution in [0.1, 0.15) is 15.9 Å². The SMILES string of the molecule is O=C(NCCc1ccc(Cl)cc1)c1c[nH]c2ccc(S(=O)(=O)Nc3ccc4c(c3)OCCO4)cc2c1=O. The van der Waals surface area contributed by atoms with Crippen LogP contribution in [0.4, 0.5) is 5.69 Å². The molecule has 1 aliphatic heterocycles. The Morgan fingerprint density at radius 1 is 0.973 bits per heavy atom. The molecule has 11 heteroatoms. The molecule has 0 bridgehead atoms. The van der Waals surface area contributed by atoms with Gasteiger partial charge >= 0.3 is 0 Å². The lowest BCUT2D eigenvalue weighted by Crippen LogP contribution is -2.30. The van der Waals surface area contributed by atoms with Crippen molar-refractivity contribution in [3.05, 3.63) is 93.2 Å². The molecule has 190 valence electrons. The maximum absolute atomic E-state index is 13.1. The number of anilines is 1. The van der Waals surface area contributed by atoms with Crippen LogP contribution in [-0.2, 0) is 16.4 Å². The van der Waals surface area contributed by atoms with Crippen molar-refractivity contribution >= 4 is 44.1 Å². The van der Waals surface area contributed by atoms with Gasteiger partial charge in [0, 0.05) is 34.7 Å². The fourth-order valence-corrected chi connectivity index (χ4v) is 5.12. The summed E-state index contributed by atoms with van der Waals surface area (Å²) in [6, 6.07) is 16.1. The van der Waals surface area contributed by atoms with Crippen LogP contribution in [0.2, 0.25) is 5.02 Å². The lowest BCUT2D eigenvalue weighted by molar-refractivity contribution is 0.0953. The number of hydrogen-bond acceptors (Lipinski definition) is 6. The Bertz CT molecular complexity index is 1650. The van der Waals surface area contributed by atoms with Crippen LogP contribution in [0.5, 0.6) is 11.5 Å². The monoisotopic (exact) mass is 539 g/mol. The van der Waals surface area contributed by atoms with Crippen molar-refractivity contribution in [3.63, 3.8) is 0 Å². The quantitative estimate of drug-likeness (QED) is 0.328. The van der Waals surface area contributed by atoms with E-state index < -0.39 is 21.4 Å². The minimum atomic E-state index is -4.04. The molecule has 0 spiro atoms. The second kappa shape index (κ2) is 10.2. The van der Waals surface area contributed by atoms with E-state index in [0.717, 1.165) is 5.56 Å². The summed E-state index contributed by atoms with van der Waals surface area (Å²) in [5.41, 5.74) is 0.984. The molecule has 2 heterocycles. The largest absolute Gasteiger partial charge is 0.486 e. The highest BCUT2D eigenvalue weighted by Crippen LogP contribution is 2.33. The summed E-state index contributed by atoms with van der Waals surface area (Å²) >= 11 is 5.89. The first kappa shape index (κ1) is 24.7. The fraction of sp³-hybridized carbons (Fsp3) is 0.154. The number of halogens is 1. The average molecular weight is 540 g/mol. The molecule has 0 atom stereocenters. The number of H-pyrrole nitrogens is 1. The van der Waals surface area contributed by atoms with E-state index in [1.54, 1.807) is 24.3 Å². The highest BCUT2D eigenvalue weighted by Gasteiger charge is 2.20. The number of rotatable bonds is 7. The summed E-state index contributed by atoms with van der Waals surface area (Å²) in [7, 11) is -4.04. The maximum Gasteiger partial charge on any atom is 0.261 e. The number of carbonyl (C=O) groups is 1. The molecular formula is C26H22ClN3O6S. The number of ether oxygens (including phenoxy) is 2. The van der Waals surface area contributed by atoms with E-state index in [0.29, 0.717) is 48.2 Å². The van der Waals surface area contributed by atoms with Gasteiger partial charge in [0.15, 0.2) is 11.5 Å². The fourth-order valence-electron chi connectivity index (χ4n) is 3.92. The van der Waals surface area contributed by atoms with Gasteiger partial charge in [-0.2, -0.15) is 0 Å². The normalized spacial score (nSPS) is 12.8. The van der Waals surface area contributed by atoms with E-state index >= 15 is 0 Å². The van der Waals surface area contributed by atoms with Crippen molar-refractivity contribution in [2.75, 3.05) is 24.5 Å². The number of pyridine rings is 1. The molecule has 1 aliphatic rings. The Labute approximate surface area is 217 Å². The number of sulfonamides is 1. The van der Waals surface area contributed by atoms with Crippen LogP contribution in [0.15, 0.2) is 76.6 Å². The van der Waals surface area contributed by atoms with E-state index in [-0.39, 0.29) is 21.5 Å². The molecule has 3 aromatic carbocycles. The number of aromatic nitrogens is 1. The smallest absolute Gasteiger partial charge is 0.261 e. The second-order valence-electron chi connectivity index (χ2n) is 8.34. The molecule has 9 nitrogen and oxygen atoms in total. The van der Waals surface area contributed by atoms with Gasteiger partial charge in [-0.05, 0) is 54.4 Å². The Hall–Kier alpha value is -4.02. The molecule has 0 saturated carbocycles. The molecular weight excluding hydrogens is 518 g/mol. The third kappa shape index (κ3) is 5.40. The average Bonchev–Trinajstić information content (AvgIpc) is 2.89. The highest BCUT2D eigenvalue weighted by atomic mass is 35.5. The zero-order valence-electron chi connectivity index (χ0n) is 19.4. The van der Waals surface area contributed by atoms with Crippen LogP contribution in [-0.4, -0.2) is 39.1 Å². The van der Waals surface area contributed by atoms with Crippen LogP contribution >= 0.6 is 11.6 Å². The number of nitrogens with one attached hydrogen (secondary N) is 3. The molecule has 0 fully saturated rings. The topological polar surface area (TPSA) is 127 Å². The van der Waals surface area contributed by atoms with Gasteiger partial charge in [0.25, 0.3) is 15.9 Å². The highest BCUT2D eigenvalue weighted by molar-refractivity contribution is 7.92. The summed E-state index contributed by atoms with van der Waals surface area (Å²) in [6.45, 7) is 1.10. The Morgan fingerprint density at radius 3 is 2.51 bits per heavy atom. The van der Waals surface area contributed by atoms with Gasteiger partial charge in [-0.15, -0.1) is 0 Å². The predicted octanol–water partition coefficient (Wildman–Crippen LogP) is 3.73. The first-order valence-corrected chi connectivity index (χ1v) is 13.3. The maximum atomic E-state index is 13.1. The lowest BCUT2D eigenvalue weighted by Gasteiger charge is -2.19. The van der Waals surface area contributed by atoms with Gasteiger partial charge in [-0.1, -0.05) is 23.7 Å². The summed E-state index contributed by atoms with van der Waals surface area (Å²) in [5.74, 6) is 0.415. The molecule has 3 N–H and O–H groups in total. The number of fused-ring (bicyclic) bond motifs is 2. The van der Waals surface area contributed by atoms with Gasteiger partial charge < -0.3 is 19.8 Å². The zero-order valence-corrected chi connectivity index (χ0v) is 21.0. The van der Waals surface area contributed by atoms with Crippen molar-refractivity contribution < 1.29 is 22.7 Å². The van der Waals surface area contributed by atoms with Crippen molar-refractivity contribution in [1.82, 2.24) is 10.3 Å². The van der Waals surface area contributed by atoms with Crippen molar-refractivity contribution in [3.8, 4) is 11.5 Å². The number of aromatic amines is 1. The zero-order chi connectivity index (χ0) is 26.0. The first-order chi connectivity index (χ1) is 17.8. The number of amides is 1. The van der Waals surface area contributed by atoms with E-state index in [1.807, 2.05) is 12.1 Å². The van der Waals surface area contributed by atoms with Gasteiger partial charge in [-0.25, -0.2) is 8.42 Å². The first-order valence-electron chi connectivity index (χ1n) is 11.4. The standard InChI is InChI=1S/C26H22ClN3O6S/c27-17-3-1-16(2-4-17)9-10-28-26(32)21-15-29-22-7-6-19(14-20(22)25(21)31)37(33,34)30-18-5-8-23-24(13-18)36-12-11-35-23/h1-8,13-15,30H,9-12H2,(H,28,32)(H,29,31). The third-order valence-corrected chi connectivity index (χ3v) is 7.45. The van der Waals surface area contributed by atoms with Gasteiger partial charge in [0.1, 0.15) is 18.8 Å². The number of hydrogen-bond donors (Lipinski definition) is 3. The summed E-state index contributed by atoms with van der Waals surface area (Å²) in [5, 5.41) is 3.43. The second-order valence-corrected chi connectivity index (χ2v) is 10.5. The van der Waals surface area contributed by atoms with Crippen LogP contribution < -0.4 is 24.9 Å². The molecule has 5 rings (SSSR count). The minimum absolute atomic E-state index is 0.0791. The van der Waals surface area contributed by atoms with Crippen LogP contribution in [0.3, 0.4) is 0 Å². The van der Waals surface area contributed by atoms with Gasteiger partial charge in [0.05, 0.1) is 10.6 Å². The predicted molar refractivity (Wildman–Crippen MR) is 140 cm³/mol. The summed E-state index contributed by atoms with van der Waals surface area (Å²) in [6.07, 6.45) is 1.88. The Kier molecular flexibility index (Phi) is 6.77. The van der Waals surface area contributed by atoms with E-state index in [1.165, 1.54) is 30.5 Å². The number of carbonyl (C=O) groups excluding carboxylic acids is 1.